The first kappa shape index (κ1) is 14.9. The van der Waals surface area contributed by atoms with Gasteiger partial charge in [-0.15, -0.1) is 0 Å². The summed E-state index contributed by atoms with van der Waals surface area (Å²) in [5, 5.41) is 7.53. The molecule has 2 aromatic heterocycles. The summed E-state index contributed by atoms with van der Waals surface area (Å²) in [4.78, 5) is 15.3. The number of nitrogens with two attached hydrogens (primary N) is 1. The lowest BCUT2D eigenvalue weighted by atomic mass is 10.3. The number of aryl methyl sites for hydroxylation is 2. The van der Waals surface area contributed by atoms with Gasteiger partial charge >= 0.3 is 0 Å². The highest BCUT2D eigenvalue weighted by molar-refractivity contribution is 5.93. The lowest BCUT2D eigenvalue weighted by Gasteiger charge is -2.21. The summed E-state index contributed by atoms with van der Waals surface area (Å²) < 4.78 is 0. The molecule has 3 N–H and O–H groups in total. The van der Waals surface area contributed by atoms with Crippen molar-refractivity contribution < 1.29 is 0 Å². The fraction of sp³-hybridized carbons (Fsp3) is 0.333. The molecule has 2 heterocycles. The highest BCUT2D eigenvalue weighted by atomic mass is 15.3. The molecule has 6 heteroatoms. The normalized spacial score (nSPS) is 10.4. The molecule has 0 spiro atoms. The molecule has 0 saturated carbocycles. The molecule has 0 aromatic carbocycles. The summed E-state index contributed by atoms with van der Waals surface area (Å²) >= 11 is 0. The van der Waals surface area contributed by atoms with Crippen LogP contribution in [0.4, 0.5) is 5.95 Å². The summed E-state index contributed by atoms with van der Waals surface area (Å²) in [6.07, 6.45) is 0. The molecule has 2 rings (SSSR count). The van der Waals surface area contributed by atoms with E-state index in [1.165, 1.54) is 0 Å². The summed E-state index contributed by atoms with van der Waals surface area (Å²) in [6.45, 7) is 7.25. The van der Waals surface area contributed by atoms with Gasteiger partial charge in [-0.2, -0.15) is 0 Å². The Morgan fingerprint density at radius 2 is 1.95 bits per heavy atom. The van der Waals surface area contributed by atoms with Crippen molar-refractivity contribution in [3.8, 4) is 0 Å². The molecular formula is C15H20N6. The average Bonchev–Trinajstić information content (AvgIpc) is 2.44. The van der Waals surface area contributed by atoms with Gasteiger partial charge in [0.05, 0.1) is 12.2 Å². The predicted octanol–water partition coefficient (Wildman–Crippen LogP) is 1.80. The molecule has 0 aliphatic carbocycles. The van der Waals surface area contributed by atoms with Gasteiger partial charge in [0.15, 0.2) is 0 Å². The third-order valence-corrected chi connectivity index (χ3v) is 3.08. The van der Waals surface area contributed by atoms with Crippen LogP contribution < -0.4 is 10.6 Å². The van der Waals surface area contributed by atoms with Crippen molar-refractivity contribution in [2.75, 3.05) is 11.4 Å². The van der Waals surface area contributed by atoms with Crippen molar-refractivity contribution >= 4 is 11.8 Å². The van der Waals surface area contributed by atoms with Crippen molar-refractivity contribution in [1.82, 2.24) is 15.0 Å². The number of pyridine rings is 1. The molecule has 0 bridgehead atoms. The topological polar surface area (TPSA) is 91.8 Å². The highest BCUT2D eigenvalue weighted by Gasteiger charge is 2.12. The third-order valence-electron chi connectivity index (χ3n) is 3.08. The van der Waals surface area contributed by atoms with E-state index in [1.54, 1.807) is 6.07 Å². The summed E-state index contributed by atoms with van der Waals surface area (Å²) in [5.41, 5.74) is 8.72. The minimum atomic E-state index is -0.0496. The first-order valence-electron chi connectivity index (χ1n) is 6.87. The molecule has 0 saturated heterocycles. The largest absolute Gasteiger partial charge is 0.382 e. The van der Waals surface area contributed by atoms with E-state index in [1.807, 2.05) is 43.9 Å². The van der Waals surface area contributed by atoms with Crippen molar-refractivity contribution in [1.29, 1.82) is 5.41 Å². The molecule has 0 amide bonds. The quantitative estimate of drug-likeness (QED) is 0.645. The van der Waals surface area contributed by atoms with Crippen LogP contribution in [0.25, 0.3) is 0 Å². The second-order valence-corrected chi connectivity index (χ2v) is 4.89. The van der Waals surface area contributed by atoms with Crippen molar-refractivity contribution in [2.45, 2.75) is 27.3 Å². The van der Waals surface area contributed by atoms with E-state index in [0.717, 1.165) is 23.6 Å². The number of hydrogen-bond acceptors (Lipinski definition) is 5. The van der Waals surface area contributed by atoms with Gasteiger partial charge in [-0.1, -0.05) is 6.07 Å². The highest BCUT2D eigenvalue weighted by Crippen LogP contribution is 2.13. The fourth-order valence-corrected chi connectivity index (χ4v) is 2.04. The predicted molar refractivity (Wildman–Crippen MR) is 83.5 cm³/mol. The van der Waals surface area contributed by atoms with Crippen LogP contribution in [0.15, 0.2) is 24.3 Å². The van der Waals surface area contributed by atoms with Crippen LogP contribution >= 0.6 is 0 Å². The maximum Gasteiger partial charge on any atom is 0.226 e. The monoisotopic (exact) mass is 284 g/mol. The van der Waals surface area contributed by atoms with E-state index in [-0.39, 0.29) is 5.84 Å². The Hall–Kier alpha value is -2.50. The van der Waals surface area contributed by atoms with Gasteiger partial charge in [-0.05, 0) is 39.0 Å². The smallest absolute Gasteiger partial charge is 0.226 e. The Morgan fingerprint density at radius 1 is 1.19 bits per heavy atom. The van der Waals surface area contributed by atoms with Gasteiger partial charge < -0.3 is 10.6 Å². The molecule has 0 unspecified atom stereocenters. The van der Waals surface area contributed by atoms with E-state index in [4.69, 9.17) is 11.1 Å². The molecule has 6 nitrogen and oxygen atoms in total. The zero-order chi connectivity index (χ0) is 15.4. The lowest BCUT2D eigenvalue weighted by molar-refractivity contribution is 0.767. The SMILES string of the molecule is CCN(Cc1cccc(C)n1)c1nc(C)cc(C(=N)N)n1. The van der Waals surface area contributed by atoms with Gasteiger partial charge in [0.1, 0.15) is 11.5 Å². The van der Waals surface area contributed by atoms with E-state index in [2.05, 4.69) is 15.0 Å². The maximum absolute atomic E-state index is 7.53. The average molecular weight is 284 g/mol. The van der Waals surface area contributed by atoms with Crippen LogP contribution in [0.2, 0.25) is 0 Å². The second-order valence-electron chi connectivity index (χ2n) is 4.89. The van der Waals surface area contributed by atoms with E-state index >= 15 is 0 Å². The molecule has 110 valence electrons. The minimum Gasteiger partial charge on any atom is -0.382 e. The third kappa shape index (κ3) is 3.75. The second kappa shape index (κ2) is 6.30. The molecular weight excluding hydrogens is 264 g/mol. The Balaban J connectivity index is 2.31. The summed E-state index contributed by atoms with van der Waals surface area (Å²) in [6, 6.07) is 7.66. The minimum absolute atomic E-state index is 0.0496. The Labute approximate surface area is 124 Å². The Kier molecular flexibility index (Phi) is 4.47. The first-order chi connectivity index (χ1) is 9.99. The number of hydrogen-bond donors (Lipinski definition) is 2. The molecule has 2 aromatic rings. The molecule has 0 aliphatic heterocycles. The first-order valence-corrected chi connectivity index (χ1v) is 6.87. The molecule has 0 fully saturated rings. The fourth-order valence-electron chi connectivity index (χ4n) is 2.04. The number of nitrogens with zero attached hydrogens (tertiary/aromatic N) is 4. The number of rotatable bonds is 5. The number of aromatic nitrogens is 3. The van der Waals surface area contributed by atoms with Crippen molar-refractivity contribution in [3.63, 3.8) is 0 Å². The summed E-state index contributed by atoms with van der Waals surface area (Å²) in [7, 11) is 0. The Morgan fingerprint density at radius 3 is 2.57 bits per heavy atom. The number of nitrogens with one attached hydrogen (secondary N) is 1. The van der Waals surface area contributed by atoms with Gasteiger partial charge in [-0.25, -0.2) is 9.97 Å². The number of nitrogen functional groups attached to an aromatic ring is 1. The van der Waals surface area contributed by atoms with Crippen LogP contribution in [0, 0.1) is 19.3 Å². The van der Waals surface area contributed by atoms with Gasteiger partial charge in [-0.3, -0.25) is 10.4 Å². The summed E-state index contributed by atoms with van der Waals surface area (Å²) in [5.74, 6) is 0.525. The zero-order valence-electron chi connectivity index (χ0n) is 12.6. The molecule has 21 heavy (non-hydrogen) atoms. The van der Waals surface area contributed by atoms with Crippen LogP contribution in [-0.4, -0.2) is 27.3 Å². The van der Waals surface area contributed by atoms with Crippen molar-refractivity contribution in [2.24, 2.45) is 5.73 Å². The molecule has 0 radical (unpaired) electrons. The van der Waals surface area contributed by atoms with Crippen LogP contribution in [0.3, 0.4) is 0 Å². The standard InChI is InChI=1S/C15H20N6/c1-4-21(9-12-7-5-6-10(2)18-12)15-19-11(3)8-13(20-15)14(16)17/h5-8H,4,9H2,1-3H3,(H3,16,17). The maximum atomic E-state index is 7.53. The van der Waals surface area contributed by atoms with Crippen molar-refractivity contribution in [3.05, 3.63) is 47.0 Å². The van der Waals surface area contributed by atoms with Gasteiger partial charge in [0, 0.05) is 17.9 Å². The van der Waals surface area contributed by atoms with E-state index in [0.29, 0.717) is 18.2 Å². The van der Waals surface area contributed by atoms with E-state index < -0.39 is 0 Å². The number of amidine groups is 1. The number of anilines is 1. The Bertz CT molecular complexity index is 652. The van der Waals surface area contributed by atoms with Gasteiger partial charge in [0.25, 0.3) is 0 Å². The zero-order valence-corrected chi connectivity index (χ0v) is 12.6. The van der Waals surface area contributed by atoms with Crippen LogP contribution in [0.1, 0.15) is 29.7 Å². The molecule has 0 atom stereocenters. The van der Waals surface area contributed by atoms with Gasteiger partial charge in [0.2, 0.25) is 5.95 Å². The lowest BCUT2D eigenvalue weighted by Crippen LogP contribution is -2.26. The van der Waals surface area contributed by atoms with Crippen LogP contribution in [-0.2, 0) is 6.54 Å². The van der Waals surface area contributed by atoms with Crippen LogP contribution in [0.5, 0.6) is 0 Å². The van der Waals surface area contributed by atoms with E-state index in [9.17, 15) is 0 Å². The molecule has 0 aliphatic rings.